The van der Waals surface area contributed by atoms with Crippen LogP contribution in [0.25, 0.3) is 0 Å². The normalized spacial score (nSPS) is 12.0. The topological polar surface area (TPSA) is 56.1 Å². The van der Waals surface area contributed by atoms with Gasteiger partial charge in [0.2, 0.25) is 5.91 Å². The minimum absolute atomic E-state index is 0.0113. The van der Waals surface area contributed by atoms with Crippen molar-refractivity contribution in [2.75, 3.05) is 6.61 Å². The average Bonchev–Trinajstić information content (AvgIpc) is 2.93. The van der Waals surface area contributed by atoms with Gasteiger partial charge in [-0.3, -0.25) is 9.48 Å². The van der Waals surface area contributed by atoms with Crippen LogP contribution in [0, 0.1) is 0 Å². The fourth-order valence-corrected chi connectivity index (χ4v) is 2.41. The molecule has 0 aliphatic carbocycles. The molecule has 0 saturated heterocycles. The van der Waals surface area contributed by atoms with Crippen LogP contribution in [0.4, 0.5) is 0 Å². The number of nitrogens with one attached hydrogen (secondary N) is 1. The van der Waals surface area contributed by atoms with Crippen LogP contribution in [0.1, 0.15) is 37.6 Å². The Morgan fingerprint density at radius 2 is 2.00 bits per heavy atom. The van der Waals surface area contributed by atoms with Gasteiger partial charge in [-0.15, -0.1) is 0 Å². The summed E-state index contributed by atoms with van der Waals surface area (Å²) >= 11 is 0. The maximum atomic E-state index is 12.2. The van der Waals surface area contributed by atoms with E-state index in [9.17, 15) is 4.79 Å². The standard InChI is InChI=1S/C17H23N3O2/c1-4-15(16-10-11-18-20(16)3)19-17(21)12-13-6-8-14(9-7-13)22-5-2/h6-11,15H,4-5,12H2,1-3H3,(H,19,21)/t15-/m0/s1. The Morgan fingerprint density at radius 1 is 1.27 bits per heavy atom. The molecule has 0 bridgehead atoms. The Hall–Kier alpha value is -2.30. The first-order chi connectivity index (χ1) is 10.6. The van der Waals surface area contributed by atoms with E-state index in [-0.39, 0.29) is 11.9 Å². The molecule has 0 aliphatic heterocycles. The van der Waals surface area contributed by atoms with Crippen molar-refractivity contribution in [1.82, 2.24) is 15.1 Å². The largest absolute Gasteiger partial charge is 0.494 e. The first-order valence-corrected chi connectivity index (χ1v) is 7.63. The minimum atomic E-state index is -0.0114. The van der Waals surface area contributed by atoms with Crippen LogP contribution in [0.2, 0.25) is 0 Å². The molecular formula is C17H23N3O2. The number of hydrogen-bond acceptors (Lipinski definition) is 3. The third kappa shape index (κ3) is 4.10. The number of carbonyl (C=O) groups is 1. The monoisotopic (exact) mass is 301 g/mol. The summed E-state index contributed by atoms with van der Waals surface area (Å²) in [5.41, 5.74) is 1.99. The van der Waals surface area contributed by atoms with E-state index >= 15 is 0 Å². The maximum Gasteiger partial charge on any atom is 0.224 e. The number of aromatic nitrogens is 2. The molecule has 1 atom stereocenters. The lowest BCUT2D eigenvalue weighted by atomic mass is 10.1. The van der Waals surface area contributed by atoms with Gasteiger partial charge in [0.15, 0.2) is 0 Å². The van der Waals surface area contributed by atoms with Gasteiger partial charge in [0, 0.05) is 13.2 Å². The van der Waals surface area contributed by atoms with Crippen LogP contribution in [-0.4, -0.2) is 22.3 Å². The van der Waals surface area contributed by atoms with Crippen molar-refractivity contribution < 1.29 is 9.53 Å². The Labute approximate surface area is 131 Å². The zero-order valence-electron chi connectivity index (χ0n) is 13.4. The predicted octanol–water partition coefficient (Wildman–Crippen LogP) is 2.63. The summed E-state index contributed by atoms with van der Waals surface area (Å²) in [5, 5.41) is 7.22. The van der Waals surface area contributed by atoms with Crippen LogP contribution in [-0.2, 0) is 18.3 Å². The second-order valence-electron chi connectivity index (χ2n) is 5.16. The molecule has 1 heterocycles. The van der Waals surface area contributed by atoms with Crippen molar-refractivity contribution >= 4 is 5.91 Å². The smallest absolute Gasteiger partial charge is 0.224 e. The fourth-order valence-electron chi connectivity index (χ4n) is 2.41. The number of carbonyl (C=O) groups excluding carboxylic acids is 1. The quantitative estimate of drug-likeness (QED) is 0.855. The highest BCUT2D eigenvalue weighted by Crippen LogP contribution is 2.16. The van der Waals surface area contributed by atoms with E-state index in [0.29, 0.717) is 13.0 Å². The Morgan fingerprint density at radius 3 is 2.55 bits per heavy atom. The summed E-state index contributed by atoms with van der Waals surface area (Å²) in [6, 6.07) is 9.56. The minimum Gasteiger partial charge on any atom is -0.494 e. The predicted molar refractivity (Wildman–Crippen MR) is 85.7 cm³/mol. The van der Waals surface area contributed by atoms with E-state index in [0.717, 1.165) is 23.4 Å². The van der Waals surface area contributed by atoms with Crippen molar-refractivity contribution in [2.24, 2.45) is 7.05 Å². The third-order valence-corrected chi connectivity index (χ3v) is 3.56. The lowest BCUT2D eigenvalue weighted by Crippen LogP contribution is -2.30. The van der Waals surface area contributed by atoms with Crippen LogP contribution in [0.5, 0.6) is 5.75 Å². The van der Waals surface area contributed by atoms with Crippen molar-refractivity contribution in [2.45, 2.75) is 32.7 Å². The molecule has 5 heteroatoms. The van der Waals surface area contributed by atoms with Gasteiger partial charge in [-0.05, 0) is 37.1 Å². The molecular weight excluding hydrogens is 278 g/mol. The summed E-state index contributed by atoms with van der Waals surface area (Å²) < 4.78 is 7.20. The molecule has 0 saturated carbocycles. The van der Waals surface area contributed by atoms with Crippen LogP contribution in [0.3, 0.4) is 0 Å². The van der Waals surface area contributed by atoms with Gasteiger partial charge in [0.1, 0.15) is 5.75 Å². The third-order valence-electron chi connectivity index (χ3n) is 3.56. The van der Waals surface area contributed by atoms with Crippen LogP contribution in [0.15, 0.2) is 36.5 Å². The number of hydrogen-bond donors (Lipinski definition) is 1. The number of benzene rings is 1. The molecule has 0 radical (unpaired) electrons. The van der Waals surface area contributed by atoms with Crippen molar-refractivity contribution in [3.05, 3.63) is 47.8 Å². The fraction of sp³-hybridized carbons (Fsp3) is 0.412. The average molecular weight is 301 g/mol. The van der Waals surface area contributed by atoms with E-state index in [1.54, 1.807) is 10.9 Å². The molecule has 0 unspecified atom stereocenters. The summed E-state index contributed by atoms with van der Waals surface area (Å²) in [6.45, 7) is 4.64. The van der Waals surface area contributed by atoms with Crippen molar-refractivity contribution in [3.63, 3.8) is 0 Å². The first kappa shape index (κ1) is 16.1. The Bertz CT molecular complexity index is 605. The van der Waals surface area contributed by atoms with Gasteiger partial charge < -0.3 is 10.1 Å². The second kappa shape index (κ2) is 7.64. The SMILES string of the molecule is CCOc1ccc(CC(=O)N[C@@H](CC)c2ccnn2C)cc1. The molecule has 22 heavy (non-hydrogen) atoms. The van der Waals surface area contributed by atoms with Gasteiger partial charge >= 0.3 is 0 Å². The lowest BCUT2D eigenvalue weighted by Gasteiger charge is -2.17. The lowest BCUT2D eigenvalue weighted by molar-refractivity contribution is -0.121. The highest BCUT2D eigenvalue weighted by molar-refractivity contribution is 5.79. The second-order valence-corrected chi connectivity index (χ2v) is 5.16. The van der Waals surface area contributed by atoms with E-state index in [4.69, 9.17) is 4.74 Å². The molecule has 1 N–H and O–H groups in total. The van der Waals surface area contributed by atoms with E-state index in [1.165, 1.54) is 0 Å². The van der Waals surface area contributed by atoms with Crippen LogP contribution >= 0.6 is 0 Å². The highest BCUT2D eigenvalue weighted by Gasteiger charge is 2.15. The van der Waals surface area contributed by atoms with E-state index in [1.807, 2.05) is 44.3 Å². The van der Waals surface area contributed by atoms with Gasteiger partial charge in [0.25, 0.3) is 0 Å². The Kier molecular flexibility index (Phi) is 5.58. The van der Waals surface area contributed by atoms with Gasteiger partial charge in [-0.2, -0.15) is 5.10 Å². The molecule has 1 aromatic heterocycles. The number of amides is 1. The molecule has 1 aromatic carbocycles. The molecule has 118 valence electrons. The molecule has 5 nitrogen and oxygen atoms in total. The summed E-state index contributed by atoms with van der Waals surface area (Å²) in [7, 11) is 1.89. The van der Waals surface area contributed by atoms with Crippen molar-refractivity contribution in [3.8, 4) is 5.75 Å². The number of aryl methyl sites for hydroxylation is 1. The summed E-state index contributed by atoms with van der Waals surface area (Å²) in [4.78, 5) is 12.2. The molecule has 2 aromatic rings. The highest BCUT2D eigenvalue weighted by atomic mass is 16.5. The molecule has 1 amide bonds. The van der Waals surface area contributed by atoms with E-state index < -0.39 is 0 Å². The number of rotatable bonds is 7. The molecule has 0 spiro atoms. The zero-order chi connectivity index (χ0) is 15.9. The van der Waals surface area contributed by atoms with Crippen molar-refractivity contribution in [1.29, 1.82) is 0 Å². The van der Waals surface area contributed by atoms with Gasteiger partial charge in [-0.1, -0.05) is 19.1 Å². The Balaban J connectivity index is 1.95. The molecule has 0 aliphatic rings. The van der Waals surface area contributed by atoms with Gasteiger partial charge in [-0.25, -0.2) is 0 Å². The number of ether oxygens (including phenoxy) is 1. The molecule has 0 fully saturated rings. The summed E-state index contributed by atoms with van der Waals surface area (Å²) in [6.07, 6.45) is 2.94. The van der Waals surface area contributed by atoms with Crippen LogP contribution < -0.4 is 10.1 Å². The van der Waals surface area contributed by atoms with E-state index in [2.05, 4.69) is 17.3 Å². The number of nitrogens with zero attached hydrogens (tertiary/aromatic N) is 2. The van der Waals surface area contributed by atoms with Gasteiger partial charge in [0.05, 0.1) is 24.8 Å². The first-order valence-electron chi connectivity index (χ1n) is 7.63. The zero-order valence-corrected chi connectivity index (χ0v) is 13.4. The maximum absolute atomic E-state index is 12.2. The molecule has 2 rings (SSSR count). The summed E-state index contributed by atoms with van der Waals surface area (Å²) in [5.74, 6) is 0.838.